The van der Waals surface area contributed by atoms with Crippen molar-refractivity contribution in [2.75, 3.05) is 6.54 Å². The van der Waals surface area contributed by atoms with Crippen molar-refractivity contribution in [3.05, 3.63) is 18.0 Å². The lowest BCUT2D eigenvalue weighted by Crippen LogP contribution is -2.47. The summed E-state index contributed by atoms with van der Waals surface area (Å²) in [5.41, 5.74) is 0.761. The summed E-state index contributed by atoms with van der Waals surface area (Å²) in [4.78, 5) is 0. The summed E-state index contributed by atoms with van der Waals surface area (Å²) in [7, 11) is 0. The van der Waals surface area contributed by atoms with Crippen LogP contribution in [0.5, 0.6) is 0 Å². The van der Waals surface area contributed by atoms with E-state index in [1.165, 1.54) is 0 Å². The van der Waals surface area contributed by atoms with E-state index in [0.717, 1.165) is 44.5 Å². The minimum absolute atomic E-state index is 0.295. The monoisotopic (exact) mass is 246 g/mol. The van der Waals surface area contributed by atoms with E-state index in [2.05, 4.69) is 23.4 Å². The molecule has 0 aliphatic heterocycles. The third kappa shape index (κ3) is 2.56. The van der Waals surface area contributed by atoms with Crippen LogP contribution >= 0.6 is 0 Å². The summed E-state index contributed by atoms with van der Waals surface area (Å²) >= 11 is 0. The maximum atomic E-state index is 9.48. The SMILES string of the molecule is CCNC1(C#N)CCCC1CCn1ccc(C)n1. The van der Waals surface area contributed by atoms with Crippen molar-refractivity contribution in [1.29, 1.82) is 5.26 Å². The second-order valence-electron chi connectivity index (χ2n) is 5.21. The lowest BCUT2D eigenvalue weighted by Gasteiger charge is -2.29. The highest BCUT2D eigenvalue weighted by Crippen LogP contribution is 2.37. The van der Waals surface area contributed by atoms with Gasteiger partial charge < -0.3 is 0 Å². The van der Waals surface area contributed by atoms with Crippen molar-refractivity contribution in [3.63, 3.8) is 0 Å². The molecule has 98 valence electrons. The topological polar surface area (TPSA) is 53.6 Å². The van der Waals surface area contributed by atoms with Gasteiger partial charge >= 0.3 is 0 Å². The molecule has 4 nitrogen and oxygen atoms in total. The molecule has 4 heteroatoms. The highest BCUT2D eigenvalue weighted by molar-refractivity contribution is 5.13. The van der Waals surface area contributed by atoms with Gasteiger partial charge in [0.25, 0.3) is 0 Å². The normalized spacial score (nSPS) is 27.3. The fourth-order valence-corrected chi connectivity index (χ4v) is 3.08. The average molecular weight is 246 g/mol. The molecule has 1 fully saturated rings. The Kier molecular flexibility index (Phi) is 4.03. The lowest BCUT2D eigenvalue weighted by molar-refractivity contribution is 0.291. The van der Waals surface area contributed by atoms with E-state index >= 15 is 0 Å². The van der Waals surface area contributed by atoms with E-state index < -0.39 is 0 Å². The molecule has 2 atom stereocenters. The van der Waals surface area contributed by atoms with E-state index in [0.29, 0.717) is 5.92 Å². The van der Waals surface area contributed by atoms with Crippen LogP contribution in [0.4, 0.5) is 0 Å². The molecule has 2 unspecified atom stereocenters. The molecular weight excluding hydrogens is 224 g/mol. The van der Waals surface area contributed by atoms with Gasteiger partial charge in [-0.2, -0.15) is 10.4 Å². The number of nitriles is 1. The van der Waals surface area contributed by atoms with Gasteiger partial charge in [-0.3, -0.25) is 10.00 Å². The number of hydrogen-bond donors (Lipinski definition) is 1. The Morgan fingerprint density at radius 2 is 2.50 bits per heavy atom. The third-order valence-corrected chi connectivity index (χ3v) is 3.99. The average Bonchev–Trinajstić information content (AvgIpc) is 2.94. The highest BCUT2D eigenvalue weighted by atomic mass is 15.3. The molecule has 0 spiro atoms. The van der Waals surface area contributed by atoms with Crippen LogP contribution < -0.4 is 5.32 Å². The Morgan fingerprint density at radius 3 is 3.11 bits per heavy atom. The number of nitrogens with one attached hydrogen (secondary N) is 1. The van der Waals surface area contributed by atoms with Crippen LogP contribution in [-0.4, -0.2) is 21.9 Å². The first-order valence-electron chi connectivity index (χ1n) is 6.86. The number of hydrogen-bond acceptors (Lipinski definition) is 3. The van der Waals surface area contributed by atoms with Gasteiger partial charge in [0.1, 0.15) is 5.54 Å². The van der Waals surface area contributed by atoms with Crippen LogP contribution in [-0.2, 0) is 6.54 Å². The van der Waals surface area contributed by atoms with Crippen molar-refractivity contribution in [2.24, 2.45) is 5.92 Å². The van der Waals surface area contributed by atoms with Crippen molar-refractivity contribution in [1.82, 2.24) is 15.1 Å². The van der Waals surface area contributed by atoms with E-state index in [1.807, 2.05) is 23.9 Å². The predicted octanol–water partition coefficient (Wildman–Crippen LogP) is 2.25. The van der Waals surface area contributed by atoms with Gasteiger partial charge in [0.05, 0.1) is 11.8 Å². The van der Waals surface area contributed by atoms with Crippen LogP contribution in [0.1, 0.15) is 38.3 Å². The van der Waals surface area contributed by atoms with E-state index in [9.17, 15) is 5.26 Å². The predicted molar refractivity (Wildman–Crippen MR) is 70.9 cm³/mol. The van der Waals surface area contributed by atoms with Gasteiger partial charge in [-0.05, 0) is 44.7 Å². The smallest absolute Gasteiger partial charge is 0.109 e. The molecule has 1 N–H and O–H groups in total. The molecule has 1 saturated carbocycles. The highest BCUT2D eigenvalue weighted by Gasteiger charge is 2.42. The zero-order chi connectivity index (χ0) is 13.0. The number of aryl methyl sites for hydroxylation is 2. The zero-order valence-electron chi connectivity index (χ0n) is 11.3. The summed E-state index contributed by atoms with van der Waals surface area (Å²) in [6, 6.07) is 4.55. The largest absolute Gasteiger partial charge is 0.299 e. The minimum atomic E-state index is -0.295. The number of aromatic nitrogens is 2. The van der Waals surface area contributed by atoms with Crippen LogP contribution in [0.2, 0.25) is 0 Å². The third-order valence-electron chi connectivity index (χ3n) is 3.99. The Hall–Kier alpha value is -1.34. The molecule has 0 bridgehead atoms. The number of rotatable bonds is 5. The van der Waals surface area contributed by atoms with Gasteiger partial charge in [-0.25, -0.2) is 0 Å². The lowest BCUT2D eigenvalue weighted by atomic mass is 9.86. The van der Waals surface area contributed by atoms with Crippen molar-refractivity contribution in [2.45, 2.75) is 51.6 Å². The molecule has 1 heterocycles. The molecule has 1 aromatic rings. The molecule has 0 saturated heterocycles. The molecule has 1 aliphatic rings. The van der Waals surface area contributed by atoms with Gasteiger partial charge in [0.15, 0.2) is 0 Å². The van der Waals surface area contributed by atoms with Crippen LogP contribution in [0.3, 0.4) is 0 Å². The van der Waals surface area contributed by atoms with Crippen LogP contribution in [0.25, 0.3) is 0 Å². The van der Waals surface area contributed by atoms with Crippen molar-refractivity contribution >= 4 is 0 Å². The molecule has 1 aliphatic carbocycles. The summed E-state index contributed by atoms with van der Waals surface area (Å²) in [6.45, 7) is 5.86. The van der Waals surface area contributed by atoms with E-state index in [-0.39, 0.29) is 5.54 Å². The Labute approximate surface area is 109 Å². The maximum absolute atomic E-state index is 9.48. The van der Waals surface area contributed by atoms with Crippen molar-refractivity contribution < 1.29 is 0 Å². The zero-order valence-corrected chi connectivity index (χ0v) is 11.3. The summed E-state index contributed by atoms with van der Waals surface area (Å²) in [5.74, 6) is 0.451. The van der Waals surface area contributed by atoms with Gasteiger partial charge in [-0.15, -0.1) is 0 Å². The standard InChI is InChI=1S/C14H22N4/c1-3-16-14(11-15)8-4-5-13(14)7-10-18-9-6-12(2)17-18/h6,9,13,16H,3-5,7-8,10H2,1-2H3. The fourth-order valence-electron chi connectivity index (χ4n) is 3.08. The molecule has 0 radical (unpaired) electrons. The molecule has 0 aromatic carbocycles. The van der Waals surface area contributed by atoms with Crippen molar-refractivity contribution in [3.8, 4) is 6.07 Å². The molecular formula is C14H22N4. The molecule has 2 rings (SSSR count). The summed E-state index contributed by atoms with van der Waals surface area (Å²) in [6.07, 6.45) is 6.34. The molecule has 1 aromatic heterocycles. The van der Waals surface area contributed by atoms with Gasteiger partial charge in [0, 0.05) is 12.7 Å². The van der Waals surface area contributed by atoms with Gasteiger partial charge in [0.2, 0.25) is 0 Å². The summed E-state index contributed by atoms with van der Waals surface area (Å²) < 4.78 is 1.99. The molecule has 0 amide bonds. The second-order valence-corrected chi connectivity index (χ2v) is 5.21. The summed E-state index contributed by atoms with van der Waals surface area (Å²) in [5, 5.41) is 17.3. The minimum Gasteiger partial charge on any atom is -0.299 e. The van der Waals surface area contributed by atoms with Gasteiger partial charge in [-0.1, -0.05) is 13.3 Å². The Bertz CT molecular complexity index is 431. The number of nitrogens with zero attached hydrogens (tertiary/aromatic N) is 3. The fraction of sp³-hybridized carbons (Fsp3) is 0.714. The van der Waals surface area contributed by atoms with Crippen LogP contribution in [0.15, 0.2) is 12.3 Å². The first kappa shape index (κ1) is 13.1. The first-order valence-corrected chi connectivity index (χ1v) is 6.86. The quantitative estimate of drug-likeness (QED) is 0.867. The van der Waals surface area contributed by atoms with E-state index in [4.69, 9.17) is 0 Å². The second kappa shape index (κ2) is 5.53. The first-order chi connectivity index (χ1) is 8.70. The van der Waals surface area contributed by atoms with E-state index in [1.54, 1.807) is 0 Å². The van der Waals surface area contributed by atoms with Crippen LogP contribution in [0, 0.1) is 24.2 Å². The molecule has 18 heavy (non-hydrogen) atoms. The Balaban J connectivity index is 1.97. The maximum Gasteiger partial charge on any atom is 0.109 e. The Morgan fingerprint density at radius 1 is 1.67 bits per heavy atom.